The third kappa shape index (κ3) is 3.56. The zero-order valence-electron chi connectivity index (χ0n) is 14.7. The van der Waals surface area contributed by atoms with E-state index in [2.05, 4.69) is 5.32 Å². The van der Waals surface area contributed by atoms with Crippen molar-refractivity contribution in [1.82, 2.24) is 5.32 Å². The fourth-order valence-electron chi connectivity index (χ4n) is 3.64. The zero-order chi connectivity index (χ0) is 19.9. The molecule has 2 aliphatic rings. The molecule has 0 aliphatic carbocycles. The van der Waals surface area contributed by atoms with Crippen LogP contribution in [0.15, 0.2) is 52.3 Å². The summed E-state index contributed by atoms with van der Waals surface area (Å²) < 4.78 is 74.2. The van der Waals surface area contributed by atoms with Gasteiger partial charge >= 0.3 is 6.18 Å². The van der Waals surface area contributed by atoms with Crippen LogP contribution in [0.1, 0.15) is 17.9 Å². The van der Waals surface area contributed by atoms with Gasteiger partial charge in [-0.1, -0.05) is 18.2 Å². The van der Waals surface area contributed by atoms with E-state index in [0.29, 0.717) is 12.3 Å². The first-order valence-electron chi connectivity index (χ1n) is 8.81. The quantitative estimate of drug-likeness (QED) is 0.833. The van der Waals surface area contributed by atoms with Crippen LogP contribution < -0.4 is 14.8 Å². The van der Waals surface area contributed by atoms with Crippen molar-refractivity contribution >= 4 is 9.84 Å². The van der Waals surface area contributed by atoms with E-state index in [0.717, 1.165) is 18.5 Å². The molecule has 0 spiro atoms. The number of benzene rings is 2. The molecule has 150 valence electrons. The van der Waals surface area contributed by atoms with E-state index in [1.165, 1.54) is 36.4 Å². The number of rotatable bonds is 4. The van der Waals surface area contributed by atoms with E-state index >= 15 is 0 Å². The van der Waals surface area contributed by atoms with E-state index in [1.54, 1.807) is 6.07 Å². The normalized spacial score (nSPS) is 21.5. The van der Waals surface area contributed by atoms with Crippen LogP contribution in [-0.4, -0.2) is 40.4 Å². The number of halogens is 3. The zero-order valence-corrected chi connectivity index (χ0v) is 15.5. The van der Waals surface area contributed by atoms with Gasteiger partial charge in [0.2, 0.25) is 9.84 Å². The summed E-state index contributed by atoms with van der Waals surface area (Å²) in [6.07, 6.45) is -3.70. The SMILES string of the molecule is O=S(=O)(c1ccc2c(c1)OC1CNCCC21)c1ccccc1OCC(F)(F)F. The lowest BCUT2D eigenvalue weighted by atomic mass is 9.90. The van der Waals surface area contributed by atoms with Crippen molar-refractivity contribution in [1.29, 1.82) is 0 Å². The maximum atomic E-state index is 13.1. The summed E-state index contributed by atoms with van der Waals surface area (Å²) in [7, 11) is -4.08. The van der Waals surface area contributed by atoms with Crippen LogP contribution in [0, 0.1) is 0 Å². The lowest BCUT2D eigenvalue weighted by Crippen LogP contribution is -2.39. The third-order valence-corrected chi connectivity index (χ3v) is 6.72. The number of fused-ring (bicyclic) bond motifs is 3. The van der Waals surface area contributed by atoms with Crippen LogP contribution in [-0.2, 0) is 9.84 Å². The molecule has 2 aromatic rings. The second-order valence-electron chi connectivity index (χ2n) is 6.81. The van der Waals surface area contributed by atoms with Crippen molar-refractivity contribution in [3.63, 3.8) is 0 Å². The predicted molar refractivity (Wildman–Crippen MR) is 94.5 cm³/mol. The Labute approximate surface area is 160 Å². The second kappa shape index (κ2) is 6.97. The van der Waals surface area contributed by atoms with E-state index in [-0.39, 0.29) is 27.6 Å². The first-order valence-corrected chi connectivity index (χ1v) is 10.3. The highest BCUT2D eigenvalue weighted by molar-refractivity contribution is 7.91. The Morgan fingerprint density at radius 1 is 1.18 bits per heavy atom. The van der Waals surface area contributed by atoms with Crippen molar-refractivity contribution < 1.29 is 31.1 Å². The molecule has 1 fully saturated rings. The Balaban J connectivity index is 1.67. The summed E-state index contributed by atoms with van der Waals surface area (Å²) in [5.41, 5.74) is 0.965. The Kier molecular flexibility index (Phi) is 4.75. The monoisotopic (exact) mass is 413 g/mol. The number of sulfone groups is 1. The molecule has 28 heavy (non-hydrogen) atoms. The van der Waals surface area contributed by atoms with Gasteiger partial charge in [0.25, 0.3) is 0 Å². The smallest absolute Gasteiger partial charge is 0.422 e. The number of ether oxygens (including phenoxy) is 2. The highest BCUT2D eigenvalue weighted by Crippen LogP contribution is 2.43. The number of para-hydroxylation sites is 1. The summed E-state index contributed by atoms with van der Waals surface area (Å²) in [4.78, 5) is -0.350. The molecule has 9 heteroatoms. The molecule has 2 unspecified atom stereocenters. The van der Waals surface area contributed by atoms with E-state index in [1.807, 2.05) is 0 Å². The molecule has 5 nitrogen and oxygen atoms in total. The molecule has 0 bridgehead atoms. The first-order chi connectivity index (χ1) is 13.3. The van der Waals surface area contributed by atoms with Gasteiger partial charge in [0.15, 0.2) is 6.61 Å². The standard InChI is InChI=1S/C19H18F3NO4S/c20-19(21,22)11-26-15-3-1-2-4-18(15)28(24,25)12-5-6-13-14-7-8-23-10-17(14)27-16(13)9-12/h1-6,9,14,17,23H,7-8,10-11H2. The minimum absolute atomic E-state index is 0.0379. The minimum atomic E-state index is -4.57. The van der Waals surface area contributed by atoms with Crippen LogP contribution in [0.2, 0.25) is 0 Å². The van der Waals surface area contributed by atoms with Crippen LogP contribution >= 0.6 is 0 Å². The van der Waals surface area contributed by atoms with Gasteiger partial charge in [0, 0.05) is 18.0 Å². The molecule has 1 N–H and O–H groups in total. The highest BCUT2D eigenvalue weighted by Gasteiger charge is 2.37. The summed E-state index contributed by atoms with van der Waals surface area (Å²) in [6, 6.07) is 9.97. The Morgan fingerprint density at radius 3 is 2.75 bits per heavy atom. The van der Waals surface area contributed by atoms with Crippen molar-refractivity contribution in [2.75, 3.05) is 19.7 Å². The molecule has 0 aromatic heterocycles. The minimum Gasteiger partial charge on any atom is -0.488 e. The molecule has 2 aromatic carbocycles. The van der Waals surface area contributed by atoms with E-state index in [4.69, 9.17) is 9.47 Å². The molecular formula is C19H18F3NO4S. The predicted octanol–water partition coefficient (Wildman–Crippen LogP) is 3.30. The highest BCUT2D eigenvalue weighted by atomic mass is 32.2. The molecule has 2 aliphatic heterocycles. The topological polar surface area (TPSA) is 64.6 Å². The van der Waals surface area contributed by atoms with E-state index < -0.39 is 22.6 Å². The maximum Gasteiger partial charge on any atom is 0.422 e. The number of alkyl halides is 3. The Bertz CT molecular complexity index is 991. The number of hydrogen-bond acceptors (Lipinski definition) is 5. The van der Waals surface area contributed by atoms with Crippen molar-refractivity contribution in [3.05, 3.63) is 48.0 Å². The largest absolute Gasteiger partial charge is 0.488 e. The van der Waals surface area contributed by atoms with Crippen LogP contribution in [0.4, 0.5) is 13.2 Å². The fraction of sp³-hybridized carbons (Fsp3) is 0.368. The maximum absolute atomic E-state index is 13.1. The third-order valence-electron chi connectivity index (χ3n) is 4.93. The summed E-state index contributed by atoms with van der Waals surface area (Å²) in [6.45, 7) is -0.00727. The van der Waals surface area contributed by atoms with Gasteiger partial charge in [-0.25, -0.2) is 8.42 Å². The molecule has 2 atom stereocenters. The summed E-state index contributed by atoms with van der Waals surface area (Å²) in [5, 5.41) is 3.24. The average Bonchev–Trinajstić information content (AvgIpc) is 3.04. The van der Waals surface area contributed by atoms with Crippen molar-refractivity contribution in [3.8, 4) is 11.5 Å². The fourth-order valence-corrected chi connectivity index (χ4v) is 5.05. The molecule has 0 radical (unpaired) electrons. The lowest BCUT2D eigenvalue weighted by Gasteiger charge is -2.24. The molecule has 0 saturated carbocycles. The van der Waals surface area contributed by atoms with Gasteiger partial charge in [-0.3, -0.25) is 0 Å². The van der Waals surface area contributed by atoms with Crippen LogP contribution in [0.3, 0.4) is 0 Å². The van der Waals surface area contributed by atoms with Crippen LogP contribution in [0.25, 0.3) is 0 Å². The molecule has 2 heterocycles. The molecular weight excluding hydrogens is 395 g/mol. The molecule has 4 rings (SSSR count). The van der Waals surface area contributed by atoms with Gasteiger partial charge < -0.3 is 14.8 Å². The van der Waals surface area contributed by atoms with Gasteiger partial charge in [-0.15, -0.1) is 0 Å². The summed E-state index contributed by atoms with van der Waals surface area (Å²) >= 11 is 0. The van der Waals surface area contributed by atoms with Crippen molar-refractivity contribution in [2.45, 2.75) is 34.4 Å². The molecule has 0 amide bonds. The van der Waals surface area contributed by atoms with Crippen molar-refractivity contribution in [2.24, 2.45) is 0 Å². The van der Waals surface area contributed by atoms with E-state index in [9.17, 15) is 21.6 Å². The lowest BCUT2D eigenvalue weighted by molar-refractivity contribution is -0.153. The molecule has 1 saturated heterocycles. The number of piperidine rings is 1. The van der Waals surface area contributed by atoms with Gasteiger partial charge in [-0.05, 0) is 37.2 Å². The van der Waals surface area contributed by atoms with Gasteiger partial charge in [0.1, 0.15) is 22.5 Å². The first kappa shape index (κ1) is 19.1. The van der Waals surface area contributed by atoms with Gasteiger partial charge in [0.05, 0.1) is 4.90 Å². The Morgan fingerprint density at radius 2 is 1.96 bits per heavy atom. The summed E-state index contributed by atoms with van der Waals surface area (Å²) in [5.74, 6) is 0.392. The number of hydrogen-bond donors (Lipinski definition) is 1. The van der Waals surface area contributed by atoms with Gasteiger partial charge in [-0.2, -0.15) is 13.2 Å². The average molecular weight is 413 g/mol. The van der Waals surface area contributed by atoms with Crippen LogP contribution in [0.5, 0.6) is 11.5 Å². The Hall–Kier alpha value is -2.26. The second-order valence-corrected chi connectivity index (χ2v) is 8.73. The number of nitrogens with one attached hydrogen (secondary N) is 1.